The van der Waals surface area contributed by atoms with Crippen LogP contribution in [-0.2, 0) is 16.4 Å². The predicted molar refractivity (Wildman–Crippen MR) is 120 cm³/mol. The molecule has 3 aromatic rings. The van der Waals surface area contributed by atoms with E-state index in [4.69, 9.17) is 34.8 Å². The van der Waals surface area contributed by atoms with Crippen LogP contribution in [0.15, 0.2) is 36.4 Å². The van der Waals surface area contributed by atoms with Crippen LogP contribution in [0.4, 0.5) is 4.39 Å². The summed E-state index contributed by atoms with van der Waals surface area (Å²) in [4.78, 5) is 15.1. The zero-order chi connectivity index (χ0) is 21.6. The van der Waals surface area contributed by atoms with E-state index in [1.807, 2.05) is 0 Å². The van der Waals surface area contributed by atoms with Gasteiger partial charge >= 0.3 is 0 Å². The lowest BCUT2D eigenvalue weighted by molar-refractivity contribution is 0.0684. The molecule has 4 nitrogen and oxygen atoms in total. The number of fused-ring (bicyclic) bond motifs is 1. The van der Waals surface area contributed by atoms with E-state index in [2.05, 4.69) is 0 Å². The molecule has 1 unspecified atom stereocenters. The summed E-state index contributed by atoms with van der Waals surface area (Å²) in [6.45, 7) is -0.157. The molecule has 2 aromatic carbocycles. The second-order valence-corrected chi connectivity index (χ2v) is 11.6. The van der Waals surface area contributed by atoms with Crippen LogP contribution in [0.5, 0.6) is 0 Å². The Labute approximate surface area is 192 Å². The predicted octanol–water partition coefficient (Wildman–Crippen LogP) is 5.83. The van der Waals surface area contributed by atoms with Crippen LogP contribution in [0.1, 0.15) is 21.7 Å². The summed E-state index contributed by atoms with van der Waals surface area (Å²) in [6.07, 6.45) is 0.272. The quantitative estimate of drug-likeness (QED) is 0.447. The van der Waals surface area contributed by atoms with Crippen LogP contribution in [0.25, 0.3) is 10.1 Å². The molecule has 2 heterocycles. The Hall–Kier alpha value is -1.38. The van der Waals surface area contributed by atoms with Gasteiger partial charge in [-0.05, 0) is 30.7 Å². The van der Waals surface area contributed by atoms with E-state index in [-0.39, 0.29) is 45.0 Å². The standard InChI is InChI=1S/C20H15Cl3FNO3S2/c21-11-4-5-13-17(8-11)29-19(18(13)23)20(26)25(12-6-7-30(27,28)10-12)9-14-15(22)2-1-3-16(14)24/h1-5,8,12H,6-7,9-10H2. The van der Waals surface area contributed by atoms with Crippen molar-refractivity contribution in [2.24, 2.45) is 0 Å². The number of carbonyl (C=O) groups is 1. The van der Waals surface area contributed by atoms with Crippen LogP contribution in [0.2, 0.25) is 15.1 Å². The molecular weight excluding hydrogens is 492 g/mol. The maximum Gasteiger partial charge on any atom is 0.266 e. The number of amides is 1. The molecule has 1 fully saturated rings. The van der Waals surface area contributed by atoms with Gasteiger partial charge in [-0.15, -0.1) is 11.3 Å². The van der Waals surface area contributed by atoms with Crippen molar-refractivity contribution in [3.8, 4) is 0 Å². The fourth-order valence-corrected chi connectivity index (χ4v) is 7.25. The Morgan fingerprint density at radius 1 is 1.20 bits per heavy atom. The number of rotatable bonds is 4. The number of halogens is 4. The molecular formula is C20H15Cl3FNO3S2. The molecule has 4 rings (SSSR count). The zero-order valence-electron chi connectivity index (χ0n) is 15.4. The van der Waals surface area contributed by atoms with Crippen molar-refractivity contribution in [3.05, 3.63) is 67.7 Å². The van der Waals surface area contributed by atoms with Crippen molar-refractivity contribution in [2.75, 3.05) is 11.5 Å². The Bertz CT molecular complexity index is 1240. The zero-order valence-corrected chi connectivity index (χ0v) is 19.3. The molecule has 0 saturated carbocycles. The van der Waals surface area contributed by atoms with Crippen LogP contribution >= 0.6 is 46.1 Å². The number of hydrogen-bond donors (Lipinski definition) is 0. The number of benzene rings is 2. The Balaban J connectivity index is 1.77. The summed E-state index contributed by atoms with van der Waals surface area (Å²) < 4.78 is 39.3. The third kappa shape index (κ3) is 4.18. The highest BCUT2D eigenvalue weighted by atomic mass is 35.5. The molecule has 0 radical (unpaired) electrons. The fraction of sp³-hybridized carbons (Fsp3) is 0.250. The van der Waals surface area contributed by atoms with Crippen LogP contribution in [0, 0.1) is 5.82 Å². The van der Waals surface area contributed by atoms with Gasteiger partial charge in [0.15, 0.2) is 9.84 Å². The first-order chi connectivity index (χ1) is 14.2. The summed E-state index contributed by atoms with van der Waals surface area (Å²) in [5.74, 6) is -1.23. The van der Waals surface area contributed by atoms with Crippen molar-refractivity contribution >= 4 is 72.0 Å². The summed E-state index contributed by atoms with van der Waals surface area (Å²) >= 11 is 19.9. The molecule has 0 spiro atoms. The number of thiophene rings is 1. The Morgan fingerprint density at radius 2 is 1.97 bits per heavy atom. The van der Waals surface area contributed by atoms with Crippen LogP contribution in [-0.4, -0.2) is 36.8 Å². The van der Waals surface area contributed by atoms with Gasteiger partial charge in [0.05, 0.1) is 23.1 Å². The van der Waals surface area contributed by atoms with E-state index in [1.54, 1.807) is 18.2 Å². The minimum absolute atomic E-state index is 0.0256. The smallest absolute Gasteiger partial charge is 0.266 e. The number of nitrogens with zero attached hydrogens (tertiary/aromatic N) is 1. The molecule has 1 aromatic heterocycles. The fourth-order valence-electron chi connectivity index (χ4n) is 3.55. The molecule has 1 aliphatic heterocycles. The van der Waals surface area contributed by atoms with Crippen LogP contribution in [0.3, 0.4) is 0 Å². The molecule has 10 heteroatoms. The Kier molecular flexibility index (Phi) is 6.03. The topological polar surface area (TPSA) is 54.5 Å². The molecule has 1 amide bonds. The lowest BCUT2D eigenvalue weighted by atomic mass is 10.1. The lowest BCUT2D eigenvalue weighted by Gasteiger charge is -2.28. The molecule has 158 valence electrons. The van der Waals surface area contributed by atoms with E-state index in [0.29, 0.717) is 10.4 Å². The Morgan fingerprint density at radius 3 is 2.63 bits per heavy atom. The van der Waals surface area contributed by atoms with E-state index in [1.165, 1.54) is 34.4 Å². The van der Waals surface area contributed by atoms with Crippen LogP contribution < -0.4 is 0 Å². The van der Waals surface area contributed by atoms with Crippen molar-refractivity contribution in [1.29, 1.82) is 0 Å². The van der Waals surface area contributed by atoms with Gasteiger partial charge < -0.3 is 4.90 Å². The largest absolute Gasteiger partial charge is 0.329 e. The molecule has 1 atom stereocenters. The molecule has 1 aliphatic rings. The number of sulfone groups is 1. The minimum atomic E-state index is -3.28. The summed E-state index contributed by atoms with van der Waals surface area (Å²) in [5.41, 5.74) is 0.136. The first-order valence-corrected chi connectivity index (χ1v) is 12.8. The van der Waals surface area contributed by atoms with Gasteiger partial charge in [-0.25, -0.2) is 12.8 Å². The molecule has 0 aliphatic carbocycles. The van der Waals surface area contributed by atoms with Gasteiger partial charge in [0.25, 0.3) is 5.91 Å². The highest BCUT2D eigenvalue weighted by Crippen LogP contribution is 2.38. The highest BCUT2D eigenvalue weighted by Gasteiger charge is 2.37. The third-order valence-corrected chi connectivity index (χ3v) is 9.07. The normalized spacial score (nSPS) is 18.1. The average Bonchev–Trinajstić information content (AvgIpc) is 3.20. The second kappa shape index (κ2) is 8.28. The van der Waals surface area contributed by atoms with E-state index in [9.17, 15) is 17.6 Å². The van der Waals surface area contributed by atoms with E-state index >= 15 is 0 Å². The van der Waals surface area contributed by atoms with Gasteiger partial charge in [0.1, 0.15) is 10.7 Å². The number of carbonyl (C=O) groups excluding carboxylic acids is 1. The summed E-state index contributed by atoms with van der Waals surface area (Å²) in [5, 5.41) is 1.62. The van der Waals surface area contributed by atoms with Crippen molar-refractivity contribution in [1.82, 2.24) is 4.90 Å². The van der Waals surface area contributed by atoms with Crippen molar-refractivity contribution in [3.63, 3.8) is 0 Å². The average molecular weight is 507 g/mol. The maximum atomic E-state index is 14.4. The summed E-state index contributed by atoms with van der Waals surface area (Å²) in [6, 6.07) is 8.78. The molecule has 30 heavy (non-hydrogen) atoms. The monoisotopic (exact) mass is 505 g/mol. The van der Waals surface area contributed by atoms with Crippen molar-refractivity contribution in [2.45, 2.75) is 19.0 Å². The van der Waals surface area contributed by atoms with Crippen molar-refractivity contribution < 1.29 is 17.6 Å². The van der Waals surface area contributed by atoms with E-state index < -0.39 is 27.6 Å². The van der Waals surface area contributed by atoms with Gasteiger partial charge in [-0.1, -0.05) is 46.9 Å². The first kappa shape index (κ1) is 21.8. The van der Waals surface area contributed by atoms with E-state index in [0.717, 1.165) is 4.70 Å². The van der Waals surface area contributed by atoms with Gasteiger partial charge in [-0.2, -0.15) is 0 Å². The third-order valence-electron chi connectivity index (χ3n) is 5.09. The molecule has 1 saturated heterocycles. The molecule has 0 N–H and O–H groups in total. The maximum absolute atomic E-state index is 14.4. The van der Waals surface area contributed by atoms with Gasteiger partial charge in [0.2, 0.25) is 0 Å². The first-order valence-electron chi connectivity index (χ1n) is 8.98. The molecule has 0 bridgehead atoms. The summed E-state index contributed by atoms with van der Waals surface area (Å²) in [7, 11) is -3.28. The van der Waals surface area contributed by atoms with Gasteiger partial charge in [0, 0.05) is 31.7 Å². The lowest BCUT2D eigenvalue weighted by Crippen LogP contribution is -2.40. The minimum Gasteiger partial charge on any atom is -0.329 e. The second-order valence-electron chi connectivity index (χ2n) is 7.08. The van der Waals surface area contributed by atoms with Gasteiger partial charge in [-0.3, -0.25) is 4.79 Å². The number of hydrogen-bond acceptors (Lipinski definition) is 4. The SMILES string of the molecule is O=C(c1sc2cc(Cl)ccc2c1Cl)N(Cc1c(F)cccc1Cl)C1CCS(=O)(=O)C1. The highest BCUT2D eigenvalue weighted by molar-refractivity contribution is 7.91.